The van der Waals surface area contributed by atoms with Crippen molar-refractivity contribution in [2.24, 2.45) is 5.92 Å². The Bertz CT molecular complexity index is 1260. The van der Waals surface area contributed by atoms with Gasteiger partial charge in [-0.1, -0.05) is 12.5 Å². The van der Waals surface area contributed by atoms with E-state index in [1.165, 1.54) is 32.4 Å². The lowest BCUT2D eigenvalue weighted by molar-refractivity contribution is 0.0663. The summed E-state index contributed by atoms with van der Waals surface area (Å²) in [7, 11) is 0. The first-order chi connectivity index (χ1) is 18.1. The van der Waals surface area contributed by atoms with E-state index >= 15 is 0 Å². The maximum atomic E-state index is 13.5. The van der Waals surface area contributed by atoms with Crippen LogP contribution in [0.3, 0.4) is 0 Å². The number of aromatic nitrogens is 2. The molecule has 2 fully saturated rings. The molecule has 8 nitrogen and oxygen atoms in total. The number of nitrogens with zero attached hydrogens (tertiary/aromatic N) is 3. The topological polar surface area (TPSA) is 90.9 Å². The number of likely N-dealkylation sites (tertiary alicyclic amines) is 1. The van der Waals surface area contributed by atoms with Gasteiger partial charge in [0, 0.05) is 44.3 Å². The van der Waals surface area contributed by atoms with Crippen LogP contribution in [0.2, 0.25) is 0 Å². The summed E-state index contributed by atoms with van der Waals surface area (Å²) >= 11 is 0. The second kappa shape index (κ2) is 10.7. The Morgan fingerprint density at radius 2 is 1.89 bits per heavy atom. The number of hydrogen-bond donors (Lipinski definition) is 2. The standard InChI is InChI=1S/C29H36N4O4/c34-28-17-27-24(26(30-31-27)14-20-6-11-36-12-7-20)16-25(28)29(35)33-18-21-4-5-23(15-22(21)19-33)37-13-10-32-8-2-1-3-9-32/h4-5,15-17,20,34H,1-3,6-14,18-19H2,(H,30,31). The molecule has 0 radical (unpaired) electrons. The SMILES string of the molecule is O=C(c1cc2c(CC3CCOCC3)n[nH]c2cc1O)N1Cc2ccc(OCCN3CCCCC3)cc2C1. The molecular weight excluding hydrogens is 468 g/mol. The van der Waals surface area contributed by atoms with Crippen molar-refractivity contribution < 1.29 is 19.4 Å². The summed E-state index contributed by atoms with van der Waals surface area (Å²) < 4.78 is 11.5. The van der Waals surface area contributed by atoms with Crippen LogP contribution in [0.1, 0.15) is 59.3 Å². The van der Waals surface area contributed by atoms with Crippen LogP contribution in [0, 0.1) is 5.92 Å². The van der Waals surface area contributed by atoms with E-state index in [1.54, 1.807) is 11.0 Å². The molecule has 8 heteroatoms. The first-order valence-corrected chi connectivity index (χ1v) is 13.7. The molecule has 196 valence electrons. The molecule has 0 aliphatic carbocycles. The number of phenolic OH excluding ortho intramolecular Hbond substituents is 1. The van der Waals surface area contributed by atoms with Crippen molar-refractivity contribution in [3.05, 3.63) is 52.7 Å². The molecule has 2 aromatic carbocycles. The normalized spacial score (nSPS) is 18.9. The monoisotopic (exact) mass is 504 g/mol. The van der Waals surface area contributed by atoms with Crippen molar-refractivity contribution in [2.45, 2.75) is 51.6 Å². The fraction of sp³-hybridized carbons (Fsp3) is 0.517. The van der Waals surface area contributed by atoms with E-state index in [2.05, 4.69) is 27.2 Å². The maximum Gasteiger partial charge on any atom is 0.258 e. The molecule has 2 saturated heterocycles. The average Bonchev–Trinajstić information content (AvgIpc) is 3.52. The zero-order valence-corrected chi connectivity index (χ0v) is 21.4. The predicted molar refractivity (Wildman–Crippen MR) is 141 cm³/mol. The van der Waals surface area contributed by atoms with Crippen molar-refractivity contribution in [2.75, 3.05) is 39.5 Å². The number of hydrogen-bond acceptors (Lipinski definition) is 6. The molecule has 0 spiro atoms. The number of aromatic hydroxyl groups is 1. The molecular formula is C29H36N4O4. The molecule has 0 saturated carbocycles. The van der Waals surface area contributed by atoms with Crippen molar-refractivity contribution in [1.82, 2.24) is 20.0 Å². The van der Waals surface area contributed by atoms with E-state index in [-0.39, 0.29) is 11.7 Å². The summed E-state index contributed by atoms with van der Waals surface area (Å²) in [6.07, 6.45) is 6.79. The number of aromatic amines is 1. The van der Waals surface area contributed by atoms with Gasteiger partial charge >= 0.3 is 0 Å². The van der Waals surface area contributed by atoms with E-state index in [0.717, 1.165) is 72.5 Å². The van der Waals surface area contributed by atoms with E-state index in [1.807, 2.05) is 12.1 Å². The quantitative estimate of drug-likeness (QED) is 0.500. The molecule has 6 rings (SSSR count). The molecule has 0 unspecified atom stereocenters. The number of H-pyrrole nitrogens is 1. The summed E-state index contributed by atoms with van der Waals surface area (Å²) in [5.41, 5.74) is 4.26. The predicted octanol–water partition coefficient (Wildman–Crippen LogP) is 4.26. The molecule has 37 heavy (non-hydrogen) atoms. The lowest BCUT2D eigenvalue weighted by Crippen LogP contribution is -2.33. The fourth-order valence-corrected chi connectivity index (χ4v) is 5.91. The van der Waals surface area contributed by atoms with Crippen molar-refractivity contribution in [3.63, 3.8) is 0 Å². The van der Waals surface area contributed by atoms with Gasteiger partial charge in [-0.15, -0.1) is 0 Å². The molecule has 0 bridgehead atoms. The number of carbonyl (C=O) groups is 1. The Balaban J connectivity index is 1.12. The Morgan fingerprint density at radius 1 is 1.08 bits per heavy atom. The van der Waals surface area contributed by atoms with Gasteiger partial charge in [0.2, 0.25) is 0 Å². The minimum atomic E-state index is -0.165. The second-order valence-corrected chi connectivity index (χ2v) is 10.7. The van der Waals surface area contributed by atoms with Gasteiger partial charge in [0.15, 0.2) is 0 Å². The van der Waals surface area contributed by atoms with E-state index in [4.69, 9.17) is 9.47 Å². The molecule has 4 heterocycles. The summed E-state index contributed by atoms with van der Waals surface area (Å²) in [4.78, 5) is 17.8. The van der Waals surface area contributed by atoms with Gasteiger partial charge in [0.25, 0.3) is 5.91 Å². The zero-order chi connectivity index (χ0) is 25.2. The summed E-state index contributed by atoms with van der Waals surface area (Å²) in [5, 5.41) is 19.1. The van der Waals surface area contributed by atoms with Gasteiger partial charge in [-0.25, -0.2) is 0 Å². The molecule has 3 aliphatic rings. The molecule has 3 aromatic rings. The number of ether oxygens (including phenoxy) is 2. The molecule has 3 aliphatic heterocycles. The number of piperidine rings is 1. The van der Waals surface area contributed by atoms with Gasteiger partial charge in [-0.05, 0) is 80.4 Å². The summed E-state index contributed by atoms with van der Waals surface area (Å²) in [5.74, 6) is 1.20. The Kier molecular flexibility index (Phi) is 7.02. The number of phenols is 1. The van der Waals surface area contributed by atoms with Gasteiger partial charge in [0.05, 0.1) is 16.8 Å². The molecule has 2 N–H and O–H groups in total. The van der Waals surface area contributed by atoms with Gasteiger partial charge in [-0.2, -0.15) is 5.10 Å². The highest BCUT2D eigenvalue weighted by atomic mass is 16.5. The van der Waals surface area contributed by atoms with E-state index in [0.29, 0.717) is 31.2 Å². The lowest BCUT2D eigenvalue weighted by Gasteiger charge is -2.26. The molecule has 0 atom stereocenters. The van der Waals surface area contributed by atoms with Gasteiger partial charge in [0.1, 0.15) is 18.1 Å². The smallest absolute Gasteiger partial charge is 0.258 e. The third-order valence-electron chi connectivity index (χ3n) is 8.12. The highest BCUT2D eigenvalue weighted by Crippen LogP contribution is 2.33. The van der Waals surface area contributed by atoms with E-state index in [9.17, 15) is 9.90 Å². The van der Waals surface area contributed by atoms with Crippen molar-refractivity contribution in [1.29, 1.82) is 0 Å². The summed E-state index contributed by atoms with van der Waals surface area (Å²) in [6.45, 7) is 6.58. The van der Waals surface area contributed by atoms with Crippen LogP contribution < -0.4 is 4.74 Å². The number of fused-ring (bicyclic) bond motifs is 2. The molecule has 1 aromatic heterocycles. The van der Waals surface area contributed by atoms with Gasteiger partial charge < -0.3 is 19.5 Å². The van der Waals surface area contributed by atoms with Crippen LogP contribution >= 0.6 is 0 Å². The van der Waals surface area contributed by atoms with Gasteiger partial charge in [-0.3, -0.25) is 14.8 Å². The van der Waals surface area contributed by atoms with Crippen LogP contribution in [0.15, 0.2) is 30.3 Å². The number of rotatable bonds is 7. The Hall–Kier alpha value is -3.10. The minimum Gasteiger partial charge on any atom is -0.507 e. The zero-order valence-electron chi connectivity index (χ0n) is 21.4. The second-order valence-electron chi connectivity index (χ2n) is 10.7. The fourth-order valence-electron chi connectivity index (χ4n) is 5.91. The number of nitrogens with one attached hydrogen (secondary N) is 1. The van der Waals surface area contributed by atoms with Crippen LogP contribution in [0.5, 0.6) is 11.5 Å². The van der Waals surface area contributed by atoms with E-state index < -0.39 is 0 Å². The van der Waals surface area contributed by atoms with Crippen LogP contribution in [-0.2, 0) is 24.2 Å². The molecule has 1 amide bonds. The number of amides is 1. The van der Waals surface area contributed by atoms with Crippen molar-refractivity contribution in [3.8, 4) is 11.5 Å². The highest BCUT2D eigenvalue weighted by molar-refractivity contribution is 6.01. The number of benzene rings is 2. The third kappa shape index (κ3) is 5.31. The number of carbonyl (C=O) groups excluding carboxylic acids is 1. The Morgan fingerprint density at radius 3 is 2.73 bits per heavy atom. The third-order valence-corrected chi connectivity index (χ3v) is 8.12. The van der Waals surface area contributed by atoms with Crippen LogP contribution in [-0.4, -0.2) is 70.5 Å². The van der Waals surface area contributed by atoms with Crippen LogP contribution in [0.4, 0.5) is 0 Å². The maximum absolute atomic E-state index is 13.5. The van der Waals surface area contributed by atoms with Crippen LogP contribution in [0.25, 0.3) is 10.9 Å². The first kappa shape index (κ1) is 24.2. The largest absolute Gasteiger partial charge is 0.507 e. The van der Waals surface area contributed by atoms with Crippen molar-refractivity contribution >= 4 is 16.8 Å². The Labute approximate surface area is 217 Å². The minimum absolute atomic E-state index is 0.0172. The lowest BCUT2D eigenvalue weighted by atomic mass is 9.93. The highest BCUT2D eigenvalue weighted by Gasteiger charge is 2.28. The average molecular weight is 505 g/mol. The summed E-state index contributed by atoms with van der Waals surface area (Å²) in [6, 6.07) is 9.55. The first-order valence-electron chi connectivity index (χ1n) is 13.7.